The van der Waals surface area contributed by atoms with E-state index >= 15 is 0 Å². The summed E-state index contributed by atoms with van der Waals surface area (Å²) in [5, 5.41) is 3.91. The molecule has 1 atom stereocenters. The zero-order valence-corrected chi connectivity index (χ0v) is 15.9. The minimum atomic E-state index is 0.0584. The Hall–Kier alpha value is -1.84. The fourth-order valence-corrected chi connectivity index (χ4v) is 3.90. The first-order valence-electron chi connectivity index (χ1n) is 9.53. The largest absolute Gasteiger partial charge is 0.354 e. The van der Waals surface area contributed by atoms with Crippen LogP contribution in [0, 0.1) is 0 Å². The summed E-state index contributed by atoms with van der Waals surface area (Å²) in [5.41, 5.74) is 2.14. The van der Waals surface area contributed by atoms with E-state index in [0.29, 0.717) is 13.0 Å². The maximum atomic E-state index is 12.4. The number of carbonyl (C=O) groups is 1. The lowest BCUT2D eigenvalue weighted by molar-refractivity contribution is -0.120. The van der Waals surface area contributed by atoms with Crippen LogP contribution in [0.1, 0.15) is 42.9 Å². The molecular formula is C22H27ClN2O. The van der Waals surface area contributed by atoms with Crippen molar-refractivity contribution in [1.82, 2.24) is 10.2 Å². The molecule has 0 unspecified atom stereocenters. The number of halogens is 1. The van der Waals surface area contributed by atoms with Gasteiger partial charge < -0.3 is 5.32 Å². The van der Waals surface area contributed by atoms with Crippen molar-refractivity contribution in [2.45, 2.75) is 38.1 Å². The van der Waals surface area contributed by atoms with Gasteiger partial charge in [-0.25, -0.2) is 0 Å². The molecule has 0 radical (unpaired) electrons. The number of nitrogens with zero attached hydrogens (tertiary/aromatic N) is 1. The molecule has 1 aliphatic heterocycles. The van der Waals surface area contributed by atoms with Crippen LogP contribution in [-0.2, 0) is 11.2 Å². The summed E-state index contributed by atoms with van der Waals surface area (Å²) in [4.78, 5) is 14.9. The summed E-state index contributed by atoms with van der Waals surface area (Å²) in [6.45, 7) is 2.71. The molecule has 0 aliphatic carbocycles. The Bertz CT molecular complexity index is 696. The molecule has 138 valence electrons. The molecule has 0 saturated carbocycles. The van der Waals surface area contributed by atoms with E-state index in [1.807, 2.05) is 48.5 Å². The number of rotatable bonds is 6. The molecule has 1 saturated heterocycles. The monoisotopic (exact) mass is 370 g/mol. The molecule has 26 heavy (non-hydrogen) atoms. The van der Waals surface area contributed by atoms with E-state index in [1.165, 1.54) is 25.7 Å². The fourth-order valence-electron chi connectivity index (χ4n) is 3.64. The van der Waals surface area contributed by atoms with Crippen LogP contribution in [0.5, 0.6) is 0 Å². The molecule has 0 bridgehead atoms. The summed E-state index contributed by atoms with van der Waals surface area (Å²) in [7, 11) is 0. The van der Waals surface area contributed by atoms with E-state index in [9.17, 15) is 4.79 Å². The highest BCUT2D eigenvalue weighted by atomic mass is 35.5. The third-order valence-corrected chi connectivity index (χ3v) is 5.39. The number of hydrogen-bond donors (Lipinski definition) is 1. The molecule has 0 aromatic heterocycles. The summed E-state index contributed by atoms with van der Waals surface area (Å²) in [6, 6.07) is 18.0. The lowest BCUT2D eigenvalue weighted by Crippen LogP contribution is -2.39. The molecule has 1 N–H and O–H groups in total. The van der Waals surface area contributed by atoms with Gasteiger partial charge in [-0.05, 0) is 43.1 Å². The quantitative estimate of drug-likeness (QED) is 0.804. The van der Waals surface area contributed by atoms with Crippen LogP contribution < -0.4 is 5.32 Å². The molecule has 1 amide bonds. The Balaban J connectivity index is 1.69. The van der Waals surface area contributed by atoms with Gasteiger partial charge in [0.15, 0.2) is 0 Å². The van der Waals surface area contributed by atoms with Crippen LogP contribution in [-0.4, -0.2) is 30.4 Å². The molecule has 3 rings (SSSR count). The molecule has 1 aliphatic rings. The fraction of sp³-hybridized carbons (Fsp3) is 0.409. The molecule has 1 fully saturated rings. The zero-order valence-electron chi connectivity index (χ0n) is 15.2. The molecular weight excluding hydrogens is 344 g/mol. The van der Waals surface area contributed by atoms with Crippen molar-refractivity contribution in [2.24, 2.45) is 0 Å². The second-order valence-corrected chi connectivity index (χ2v) is 7.36. The van der Waals surface area contributed by atoms with E-state index < -0.39 is 0 Å². The van der Waals surface area contributed by atoms with Crippen LogP contribution in [0.4, 0.5) is 0 Å². The lowest BCUT2D eigenvalue weighted by Gasteiger charge is -2.31. The standard InChI is InChI=1S/C22H27ClN2O/c23-20-13-7-6-12-19(20)21(25-14-8-1-2-9-15-25)17-24-22(26)16-18-10-4-3-5-11-18/h3-7,10-13,21H,1-2,8-9,14-17H2,(H,24,26)/t21-/m1/s1. The van der Waals surface area contributed by atoms with Gasteiger partial charge >= 0.3 is 0 Å². The second-order valence-electron chi connectivity index (χ2n) is 6.95. The number of hydrogen-bond acceptors (Lipinski definition) is 2. The molecule has 2 aromatic rings. The molecule has 3 nitrogen and oxygen atoms in total. The smallest absolute Gasteiger partial charge is 0.224 e. The number of amides is 1. The minimum Gasteiger partial charge on any atom is -0.354 e. The third-order valence-electron chi connectivity index (χ3n) is 5.05. The zero-order chi connectivity index (χ0) is 18.2. The number of nitrogens with one attached hydrogen (secondary N) is 1. The van der Waals surface area contributed by atoms with Crippen LogP contribution in [0.2, 0.25) is 5.02 Å². The number of carbonyl (C=O) groups excluding carboxylic acids is 1. The Kier molecular flexibility index (Phi) is 7.10. The number of benzene rings is 2. The summed E-state index contributed by atoms with van der Waals surface area (Å²) in [5.74, 6) is 0.0584. The van der Waals surface area contributed by atoms with Crippen molar-refractivity contribution in [3.8, 4) is 0 Å². The van der Waals surface area contributed by atoms with Crippen LogP contribution in [0.25, 0.3) is 0 Å². The van der Waals surface area contributed by atoms with E-state index in [0.717, 1.165) is 29.2 Å². The van der Waals surface area contributed by atoms with Gasteiger partial charge in [-0.2, -0.15) is 0 Å². The van der Waals surface area contributed by atoms with E-state index in [1.54, 1.807) is 0 Å². The normalized spacial score (nSPS) is 16.7. The highest BCUT2D eigenvalue weighted by Gasteiger charge is 2.23. The van der Waals surface area contributed by atoms with Crippen molar-refractivity contribution in [1.29, 1.82) is 0 Å². The Labute approximate surface area is 161 Å². The topological polar surface area (TPSA) is 32.3 Å². The van der Waals surface area contributed by atoms with Gasteiger partial charge in [0.25, 0.3) is 0 Å². The Morgan fingerprint density at radius 1 is 0.962 bits per heavy atom. The molecule has 2 aromatic carbocycles. The first-order valence-corrected chi connectivity index (χ1v) is 9.91. The van der Waals surface area contributed by atoms with Gasteiger partial charge in [0.05, 0.1) is 12.5 Å². The van der Waals surface area contributed by atoms with Gasteiger partial charge in [-0.3, -0.25) is 9.69 Å². The minimum absolute atomic E-state index is 0.0584. The first kappa shape index (κ1) is 18.9. The maximum absolute atomic E-state index is 12.4. The lowest BCUT2D eigenvalue weighted by atomic mass is 10.0. The average Bonchev–Trinajstić information content (AvgIpc) is 2.93. The third kappa shape index (κ3) is 5.33. The van der Waals surface area contributed by atoms with Crippen molar-refractivity contribution in [3.63, 3.8) is 0 Å². The van der Waals surface area contributed by atoms with Gasteiger partial charge in [-0.1, -0.05) is 73.0 Å². The van der Waals surface area contributed by atoms with Gasteiger partial charge in [-0.15, -0.1) is 0 Å². The predicted molar refractivity (Wildman–Crippen MR) is 107 cm³/mol. The molecule has 4 heteroatoms. The van der Waals surface area contributed by atoms with Crippen molar-refractivity contribution in [3.05, 3.63) is 70.7 Å². The van der Waals surface area contributed by atoms with Crippen molar-refractivity contribution in [2.75, 3.05) is 19.6 Å². The van der Waals surface area contributed by atoms with E-state index in [2.05, 4.69) is 16.3 Å². The van der Waals surface area contributed by atoms with Crippen LogP contribution in [0.3, 0.4) is 0 Å². The summed E-state index contributed by atoms with van der Waals surface area (Å²) < 4.78 is 0. The van der Waals surface area contributed by atoms with Crippen molar-refractivity contribution < 1.29 is 4.79 Å². The van der Waals surface area contributed by atoms with Crippen LogP contribution >= 0.6 is 11.6 Å². The van der Waals surface area contributed by atoms with E-state index in [-0.39, 0.29) is 11.9 Å². The molecule has 0 spiro atoms. The highest BCUT2D eigenvalue weighted by molar-refractivity contribution is 6.31. The molecule has 1 heterocycles. The van der Waals surface area contributed by atoms with Gasteiger partial charge in [0.1, 0.15) is 0 Å². The predicted octanol–water partition coefficient (Wildman–Crippen LogP) is 4.62. The summed E-state index contributed by atoms with van der Waals surface area (Å²) >= 11 is 6.48. The van der Waals surface area contributed by atoms with Gasteiger partial charge in [0.2, 0.25) is 5.91 Å². The average molecular weight is 371 g/mol. The number of likely N-dealkylation sites (tertiary alicyclic amines) is 1. The highest BCUT2D eigenvalue weighted by Crippen LogP contribution is 2.29. The summed E-state index contributed by atoms with van der Waals surface area (Å²) in [6.07, 6.45) is 5.39. The first-order chi connectivity index (χ1) is 12.7. The van der Waals surface area contributed by atoms with Crippen LogP contribution in [0.15, 0.2) is 54.6 Å². The Morgan fingerprint density at radius 2 is 1.62 bits per heavy atom. The van der Waals surface area contributed by atoms with Gasteiger partial charge in [0, 0.05) is 11.6 Å². The van der Waals surface area contributed by atoms with E-state index in [4.69, 9.17) is 11.6 Å². The SMILES string of the molecule is O=C(Cc1ccccc1)NC[C@H](c1ccccc1Cl)N1CCCCCC1. The maximum Gasteiger partial charge on any atom is 0.224 e. The van der Waals surface area contributed by atoms with Crippen molar-refractivity contribution >= 4 is 17.5 Å². The Morgan fingerprint density at radius 3 is 2.31 bits per heavy atom. The second kappa shape index (κ2) is 9.75.